The molecule has 5 rings (SSSR count). The van der Waals surface area contributed by atoms with Gasteiger partial charge in [0.05, 0.1) is 19.1 Å². The highest BCUT2D eigenvalue weighted by Gasteiger charge is 2.46. The van der Waals surface area contributed by atoms with Crippen molar-refractivity contribution < 1.29 is 31.8 Å². The van der Waals surface area contributed by atoms with Gasteiger partial charge < -0.3 is 14.2 Å². The van der Waals surface area contributed by atoms with Gasteiger partial charge in [0.15, 0.2) is 6.29 Å². The zero-order valence-corrected chi connectivity index (χ0v) is 24.1. The maximum absolute atomic E-state index is 15.1. The molecule has 0 unspecified atom stereocenters. The summed E-state index contributed by atoms with van der Waals surface area (Å²) < 4.78 is 75.4. The first-order chi connectivity index (χ1) is 19.8. The van der Waals surface area contributed by atoms with Crippen molar-refractivity contribution >= 4 is 0 Å². The number of hydrogen-bond donors (Lipinski definition) is 0. The summed E-state index contributed by atoms with van der Waals surface area (Å²) in [6, 6.07) is 9.04. The highest BCUT2D eigenvalue weighted by Crippen LogP contribution is 2.43. The van der Waals surface area contributed by atoms with E-state index in [9.17, 15) is 8.78 Å². The molecular formula is C34H44F4O3. The van der Waals surface area contributed by atoms with Crippen LogP contribution in [-0.4, -0.2) is 25.6 Å². The average molecular weight is 577 g/mol. The highest BCUT2D eigenvalue weighted by atomic mass is 19.3. The maximum atomic E-state index is 15.1. The third kappa shape index (κ3) is 7.84. The molecule has 41 heavy (non-hydrogen) atoms. The first kappa shape index (κ1) is 30.3. The number of alkyl halides is 2. The predicted octanol–water partition coefficient (Wildman–Crippen LogP) is 9.79. The summed E-state index contributed by atoms with van der Waals surface area (Å²) in [5, 5.41) is 0. The molecule has 0 N–H and O–H groups in total. The normalized spacial score (nSPS) is 29.3. The standard InChI is InChI=1S/C34H44F4O3/c1-2-3-4-5-23-6-8-24(9-7-23)27-21-39-33(40-22-27)26-10-14-28(15-11-26)34(37,38)41-30-18-19-31(32(36)20-30)25-12-16-29(35)17-13-25/h12-13,16-20,23-24,26-28,33H,2-11,14-15,21-22H2,1H3. The molecule has 2 saturated carbocycles. The summed E-state index contributed by atoms with van der Waals surface area (Å²) in [6.07, 6.45) is 8.53. The molecule has 3 aliphatic rings. The smallest absolute Gasteiger partial charge is 0.400 e. The summed E-state index contributed by atoms with van der Waals surface area (Å²) in [6.45, 7) is 3.66. The van der Waals surface area contributed by atoms with E-state index in [0.717, 1.165) is 12.0 Å². The van der Waals surface area contributed by atoms with Gasteiger partial charge in [0.1, 0.15) is 17.4 Å². The first-order valence-electron chi connectivity index (χ1n) is 15.7. The second-order valence-corrected chi connectivity index (χ2v) is 12.5. The van der Waals surface area contributed by atoms with Crippen molar-refractivity contribution in [2.75, 3.05) is 13.2 Å². The van der Waals surface area contributed by atoms with Crippen LogP contribution in [0.3, 0.4) is 0 Å². The Balaban J connectivity index is 1.05. The van der Waals surface area contributed by atoms with Crippen LogP contribution in [0.15, 0.2) is 42.5 Å². The molecule has 0 amide bonds. The van der Waals surface area contributed by atoms with Crippen molar-refractivity contribution in [2.24, 2.45) is 29.6 Å². The van der Waals surface area contributed by atoms with Crippen LogP contribution in [0.5, 0.6) is 5.75 Å². The molecule has 0 radical (unpaired) electrons. The van der Waals surface area contributed by atoms with E-state index >= 15 is 8.78 Å². The summed E-state index contributed by atoms with van der Waals surface area (Å²) >= 11 is 0. The molecule has 0 aromatic heterocycles. The van der Waals surface area contributed by atoms with Crippen molar-refractivity contribution in [3.63, 3.8) is 0 Å². The van der Waals surface area contributed by atoms with Gasteiger partial charge in [0, 0.05) is 23.5 Å². The Labute approximate surface area is 242 Å². The summed E-state index contributed by atoms with van der Waals surface area (Å²) in [5.41, 5.74) is 0.662. The van der Waals surface area contributed by atoms with E-state index in [2.05, 4.69) is 6.92 Å². The van der Waals surface area contributed by atoms with Gasteiger partial charge in [-0.2, -0.15) is 8.78 Å². The lowest BCUT2D eigenvalue weighted by Crippen LogP contribution is -2.43. The van der Waals surface area contributed by atoms with Gasteiger partial charge >= 0.3 is 6.11 Å². The molecule has 1 saturated heterocycles. The number of benzene rings is 2. The van der Waals surface area contributed by atoms with Crippen LogP contribution in [0.2, 0.25) is 0 Å². The number of unbranched alkanes of at least 4 members (excludes halogenated alkanes) is 2. The predicted molar refractivity (Wildman–Crippen MR) is 152 cm³/mol. The van der Waals surface area contributed by atoms with Gasteiger partial charge in [-0.3, -0.25) is 0 Å². The molecule has 226 valence electrons. The monoisotopic (exact) mass is 576 g/mol. The number of hydrogen-bond acceptors (Lipinski definition) is 3. The van der Waals surface area contributed by atoms with E-state index in [1.807, 2.05) is 0 Å². The average Bonchev–Trinajstić information content (AvgIpc) is 2.98. The molecule has 3 nitrogen and oxygen atoms in total. The van der Waals surface area contributed by atoms with E-state index in [-0.39, 0.29) is 23.5 Å². The Hall–Kier alpha value is -2.12. The fourth-order valence-electron chi connectivity index (χ4n) is 7.10. The Kier molecular flexibility index (Phi) is 10.3. The zero-order chi connectivity index (χ0) is 28.8. The van der Waals surface area contributed by atoms with Crippen LogP contribution in [-0.2, 0) is 9.47 Å². The fourth-order valence-corrected chi connectivity index (χ4v) is 7.10. The second-order valence-electron chi connectivity index (χ2n) is 12.5. The topological polar surface area (TPSA) is 27.7 Å². The van der Waals surface area contributed by atoms with E-state index in [1.54, 1.807) is 0 Å². The van der Waals surface area contributed by atoms with E-state index in [0.29, 0.717) is 56.3 Å². The van der Waals surface area contributed by atoms with Gasteiger partial charge in [-0.05, 0) is 80.2 Å². The summed E-state index contributed by atoms with van der Waals surface area (Å²) in [4.78, 5) is 0. The minimum absolute atomic E-state index is 0.102. The SMILES string of the molecule is CCCCCC1CCC(C2COC(C3CCC(C(F)(F)Oc4ccc(-c5ccc(F)cc5)c(F)c4)CC3)OC2)CC1. The summed E-state index contributed by atoms with van der Waals surface area (Å²) in [5.74, 6) is -0.217. The van der Waals surface area contributed by atoms with Crippen molar-refractivity contribution in [2.45, 2.75) is 96.4 Å². The van der Waals surface area contributed by atoms with Crippen LogP contribution >= 0.6 is 0 Å². The van der Waals surface area contributed by atoms with Crippen molar-refractivity contribution in [1.82, 2.24) is 0 Å². The van der Waals surface area contributed by atoms with Gasteiger partial charge in [0.2, 0.25) is 0 Å². The zero-order valence-electron chi connectivity index (χ0n) is 24.1. The highest BCUT2D eigenvalue weighted by molar-refractivity contribution is 5.64. The maximum Gasteiger partial charge on any atom is 0.400 e. The molecule has 2 aromatic carbocycles. The second kappa shape index (κ2) is 13.9. The Bertz CT molecular complexity index is 1080. The minimum atomic E-state index is -3.41. The summed E-state index contributed by atoms with van der Waals surface area (Å²) in [7, 11) is 0. The molecule has 2 aromatic rings. The van der Waals surface area contributed by atoms with Crippen LogP contribution in [0.25, 0.3) is 11.1 Å². The lowest BCUT2D eigenvalue weighted by Gasteiger charge is -2.41. The van der Waals surface area contributed by atoms with Crippen molar-refractivity contribution in [3.8, 4) is 16.9 Å². The van der Waals surface area contributed by atoms with E-state index in [4.69, 9.17) is 14.2 Å². The van der Waals surface area contributed by atoms with E-state index in [1.165, 1.54) is 87.8 Å². The van der Waals surface area contributed by atoms with Crippen LogP contribution in [0.1, 0.15) is 84.0 Å². The van der Waals surface area contributed by atoms with Gasteiger partial charge in [0.25, 0.3) is 0 Å². The first-order valence-corrected chi connectivity index (χ1v) is 15.7. The van der Waals surface area contributed by atoms with Crippen LogP contribution in [0.4, 0.5) is 17.6 Å². The largest absolute Gasteiger partial charge is 0.432 e. The molecule has 2 aliphatic carbocycles. The molecule has 0 spiro atoms. The number of ether oxygens (including phenoxy) is 3. The third-order valence-electron chi connectivity index (χ3n) is 9.70. The van der Waals surface area contributed by atoms with Gasteiger partial charge in [-0.1, -0.05) is 57.6 Å². The third-order valence-corrected chi connectivity index (χ3v) is 9.70. The van der Waals surface area contributed by atoms with Gasteiger partial charge in [-0.25, -0.2) is 8.78 Å². The number of halogens is 4. The van der Waals surface area contributed by atoms with Crippen LogP contribution in [0, 0.1) is 41.2 Å². The number of rotatable bonds is 10. The van der Waals surface area contributed by atoms with Crippen LogP contribution < -0.4 is 4.74 Å². The lowest BCUT2D eigenvalue weighted by atomic mass is 9.74. The minimum Gasteiger partial charge on any atom is -0.432 e. The Morgan fingerprint density at radius 3 is 2.07 bits per heavy atom. The fraction of sp³-hybridized carbons (Fsp3) is 0.647. The molecular weight excluding hydrogens is 532 g/mol. The quantitative estimate of drug-likeness (QED) is 0.208. The molecule has 1 aliphatic heterocycles. The Morgan fingerprint density at radius 2 is 1.44 bits per heavy atom. The molecule has 7 heteroatoms. The van der Waals surface area contributed by atoms with Crippen molar-refractivity contribution in [3.05, 3.63) is 54.1 Å². The van der Waals surface area contributed by atoms with Gasteiger partial charge in [-0.15, -0.1) is 0 Å². The molecule has 0 atom stereocenters. The molecule has 0 bridgehead atoms. The van der Waals surface area contributed by atoms with Crippen molar-refractivity contribution in [1.29, 1.82) is 0 Å². The molecule has 1 heterocycles. The lowest BCUT2D eigenvalue weighted by molar-refractivity contribution is -0.251. The molecule has 3 fully saturated rings. The Morgan fingerprint density at radius 1 is 0.780 bits per heavy atom. The van der Waals surface area contributed by atoms with E-state index < -0.39 is 23.7 Å².